The molecule has 0 aliphatic carbocycles. The molecule has 1 fully saturated rings. The lowest BCUT2D eigenvalue weighted by Gasteiger charge is -2.16. The standard InChI is InChI=1S/C22H18ClN5O4/c1-2-27-17-7-6-12(8-16(17)24-20(30)22(27)31)19-25-21(32-26-19)13-9-18(29)28(11-13)15-5-3-4-14(23)10-15/h3-8,10,13H,2,9,11H2,1H3,(H,24,30)/t13-/m1/s1. The molecule has 32 heavy (non-hydrogen) atoms. The van der Waals surface area contributed by atoms with E-state index in [4.69, 9.17) is 16.1 Å². The van der Waals surface area contributed by atoms with Gasteiger partial charge in [-0.1, -0.05) is 22.8 Å². The van der Waals surface area contributed by atoms with Crippen LogP contribution >= 0.6 is 11.6 Å². The Morgan fingerprint density at radius 1 is 1.19 bits per heavy atom. The molecule has 10 heteroatoms. The summed E-state index contributed by atoms with van der Waals surface area (Å²) in [7, 11) is 0. The number of H-pyrrole nitrogens is 1. The van der Waals surface area contributed by atoms with Crippen LogP contribution in [0.2, 0.25) is 5.02 Å². The van der Waals surface area contributed by atoms with E-state index in [-0.39, 0.29) is 18.2 Å². The number of rotatable bonds is 4. The Hall–Kier alpha value is -3.72. The van der Waals surface area contributed by atoms with E-state index < -0.39 is 11.1 Å². The van der Waals surface area contributed by atoms with Crippen LogP contribution in [0.15, 0.2) is 56.6 Å². The van der Waals surface area contributed by atoms with Crippen molar-refractivity contribution in [1.82, 2.24) is 19.7 Å². The van der Waals surface area contributed by atoms with Crippen molar-refractivity contribution in [3.63, 3.8) is 0 Å². The van der Waals surface area contributed by atoms with Gasteiger partial charge in [0.2, 0.25) is 17.6 Å². The molecule has 4 aromatic rings. The SMILES string of the molecule is CCn1c(=O)c(=O)[nH]c2cc(-c3noc([C@@H]4CC(=O)N(c5cccc(Cl)c5)C4)n3)ccc21. The van der Waals surface area contributed by atoms with E-state index in [1.165, 1.54) is 4.57 Å². The lowest BCUT2D eigenvalue weighted by Crippen LogP contribution is -2.35. The van der Waals surface area contributed by atoms with Crippen molar-refractivity contribution in [3.05, 3.63) is 74.1 Å². The third-order valence-electron chi connectivity index (χ3n) is 5.59. The van der Waals surface area contributed by atoms with Gasteiger partial charge >= 0.3 is 11.1 Å². The molecule has 162 valence electrons. The van der Waals surface area contributed by atoms with Crippen molar-refractivity contribution in [2.45, 2.75) is 25.8 Å². The van der Waals surface area contributed by atoms with E-state index in [1.54, 1.807) is 48.2 Å². The Bertz CT molecular complexity index is 1470. The molecule has 0 radical (unpaired) electrons. The molecule has 9 nitrogen and oxygen atoms in total. The number of hydrogen-bond acceptors (Lipinski definition) is 6. The van der Waals surface area contributed by atoms with Gasteiger partial charge in [0, 0.05) is 35.8 Å². The van der Waals surface area contributed by atoms with E-state index in [1.807, 2.05) is 6.07 Å². The van der Waals surface area contributed by atoms with Crippen molar-refractivity contribution >= 4 is 34.2 Å². The molecule has 0 unspecified atom stereocenters. The first kappa shape index (κ1) is 20.2. The van der Waals surface area contributed by atoms with Crippen molar-refractivity contribution in [2.24, 2.45) is 0 Å². The zero-order valence-electron chi connectivity index (χ0n) is 17.0. The summed E-state index contributed by atoms with van der Waals surface area (Å²) in [5.41, 5.74) is 1.19. The molecule has 1 aliphatic heterocycles. The van der Waals surface area contributed by atoms with Crippen LogP contribution < -0.4 is 16.0 Å². The van der Waals surface area contributed by atoms with Gasteiger partial charge in [-0.3, -0.25) is 14.4 Å². The molecule has 1 saturated heterocycles. The van der Waals surface area contributed by atoms with E-state index in [0.717, 1.165) is 5.69 Å². The highest BCUT2D eigenvalue weighted by Gasteiger charge is 2.35. The van der Waals surface area contributed by atoms with Gasteiger partial charge in [-0.05, 0) is 43.3 Å². The summed E-state index contributed by atoms with van der Waals surface area (Å²) >= 11 is 6.05. The molecule has 0 saturated carbocycles. The predicted octanol–water partition coefficient (Wildman–Crippen LogP) is 2.93. The first-order chi connectivity index (χ1) is 15.4. The van der Waals surface area contributed by atoms with Crippen molar-refractivity contribution < 1.29 is 9.32 Å². The third kappa shape index (κ3) is 3.40. The van der Waals surface area contributed by atoms with Gasteiger partial charge in [-0.2, -0.15) is 4.98 Å². The number of amides is 1. The van der Waals surface area contributed by atoms with Gasteiger partial charge in [-0.25, -0.2) is 0 Å². The molecule has 3 heterocycles. The molecule has 1 atom stereocenters. The number of benzene rings is 2. The summed E-state index contributed by atoms with van der Waals surface area (Å²) in [6.45, 7) is 2.59. The Morgan fingerprint density at radius 3 is 2.81 bits per heavy atom. The van der Waals surface area contributed by atoms with E-state index >= 15 is 0 Å². The molecule has 1 amide bonds. The maximum atomic E-state index is 12.5. The van der Waals surface area contributed by atoms with Crippen LogP contribution in [0.3, 0.4) is 0 Å². The largest absolute Gasteiger partial charge is 0.339 e. The number of aromatic nitrogens is 4. The summed E-state index contributed by atoms with van der Waals surface area (Å²) in [4.78, 5) is 45.3. The van der Waals surface area contributed by atoms with Crippen LogP contribution in [0.25, 0.3) is 22.4 Å². The zero-order valence-corrected chi connectivity index (χ0v) is 17.8. The van der Waals surface area contributed by atoms with Crippen LogP contribution in [0, 0.1) is 0 Å². The van der Waals surface area contributed by atoms with Gasteiger partial charge in [0.05, 0.1) is 17.0 Å². The third-order valence-corrected chi connectivity index (χ3v) is 5.82. The molecule has 0 bridgehead atoms. The molecule has 0 spiro atoms. The molecule has 1 N–H and O–H groups in total. The summed E-state index contributed by atoms with van der Waals surface area (Å²) in [5, 5.41) is 4.62. The second-order valence-electron chi connectivity index (χ2n) is 7.58. The number of aryl methyl sites for hydroxylation is 1. The monoisotopic (exact) mass is 451 g/mol. The number of fused-ring (bicyclic) bond motifs is 1. The van der Waals surface area contributed by atoms with E-state index in [0.29, 0.717) is 46.4 Å². The van der Waals surface area contributed by atoms with Gasteiger partial charge in [0.25, 0.3) is 0 Å². The number of carbonyl (C=O) groups excluding carboxylic acids is 1. The van der Waals surface area contributed by atoms with Crippen LogP contribution in [0.1, 0.15) is 25.2 Å². The van der Waals surface area contributed by atoms with Crippen molar-refractivity contribution in [1.29, 1.82) is 0 Å². The Morgan fingerprint density at radius 2 is 2.03 bits per heavy atom. The number of carbonyl (C=O) groups is 1. The Labute approximate surface area is 186 Å². The zero-order chi connectivity index (χ0) is 22.4. The lowest BCUT2D eigenvalue weighted by atomic mass is 10.1. The second-order valence-corrected chi connectivity index (χ2v) is 8.01. The maximum Gasteiger partial charge on any atom is 0.316 e. The number of nitrogens with zero attached hydrogens (tertiary/aromatic N) is 4. The van der Waals surface area contributed by atoms with Crippen molar-refractivity contribution in [3.8, 4) is 11.4 Å². The van der Waals surface area contributed by atoms with Gasteiger partial charge in [0.1, 0.15) is 0 Å². The van der Waals surface area contributed by atoms with Gasteiger partial charge in [0.15, 0.2) is 0 Å². The molecular formula is C22H18ClN5O4. The predicted molar refractivity (Wildman–Crippen MR) is 119 cm³/mol. The lowest BCUT2D eigenvalue weighted by molar-refractivity contribution is -0.117. The molecule has 2 aromatic heterocycles. The van der Waals surface area contributed by atoms with Crippen LogP contribution in [0.4, 0.5) is 5.69 Å². The summed E-state index contributed by atoms with van der Waals surface area (Å²) < 4.78 is 6.88. The van der Waals surface area contributed by atoms with Crippen LogP contribution in [0.5, 0.6) is 0 Å². The summed E-state index contributed by atoms with van der Waals surface area (Å²) in [6, 6.07) is 12.3. The number of aromatic amines is 1. The van der Waals surface area contributed by atoms with Gasteiger partial charge < -0.3 is 19.0 Å². The highest BCUT2D eigenvalue weighted by Crippen LogP contribution is 2.33. The number of nitrogens with one attached hydrogen (secondary N) is 1. The molecular weight excluding hydrogens is 434 g/mol. The van der Waals surface area contributed by atoms with E-state index in [2.05, 4.69) is 15.1 Å². The fraction of sp³-hybridized carbons (Fsp3) is 0.227. The summed E-state index contributed by atoms with van der Waals surface area (Å²) in [6.07, 6.45) is 0.252. The average molecular weight is 452 g/mol. The maximum absolute atomic E-state index is 12.5. The topological polar surface area (TPSA) is 114 Å². The minimum absolute atomic E-state index is 0.0437. The fourth-order valence-electron chi connectivity index (χ4n) is 4.02. The highest BCUT2D eigenvalue weighted by molar-refractivity contribution is 6.30. The first-order valence-corrected chi connectivity index (χ1v) is 10.5. The first-order valence-electron chi connectivity index (χ1n) is 10.1. The van der Waals surface area contributed by atoms with Crippen LogP contribution in [-0.2, 0) is 11.3 Å². The minimum Gasteiger partial charge on any atom is -0.339 e. The summed E-state index contributed by atoms with van der Waals surface area (Å²) in [5.74, 6) is 0.418. The molecule has 2 aromatic carbocycles. The van der Waals surface area contributed by atoms with Gasteiger partial charge in [-0.15, -0.1) is 0 Å². The molecule has 5 rings (SSSR count). The van der Waals surface area contributed by atoms with Crippen LogP contribution in [-0.4, -0.2) is 32.1 Å². The number of halogens is 1. The molecule has 1 aliphatic rings. The normalized spacial score (nSPS) is 16.2. The number of hydrogen-bond donors (Lipinski definition) is 1. The average Bonchev–Trinajstić information content (AvgIpc) is 3.41. The Balaban J connectivity index is 1.44. The smallest absolute Gasteiger partial charge is 0.316 e. The Kier molecular flexibility index (Phi) is 4.90. The van der Waals surface area contributed by atoms with E-state index in [9.17, 15) is 14.4 Å². The number of anilines is 1. The quantitative estimate of drug-likeness (QED) is 0.477. The minimum atomic E-state index is -0.684. The highest BCUT2D eigenvalue weighted by atomic mass is 35.5. The second kappa shape index (κ2) is 7.76. The van der Waals surface area contributed by atoms with Crippen molar-refractivity contribution in [2.75, 3.05) is 11.4 Å². The fourth-order valence-corrected chi connectivity index (χ4v) is 4.20.